The highest BCUT2D eigenvalue weighted by Gasteiger charge is 2.39. The lowest BCUT2D eigenvalue weighted by Gasteiger charge is -2.36. The first-order chi connectivity index (χ1) is 10.3. The van der Waals surface area contributed by atoms with Gasteiger partial charge >= 0.3 is 0 Å². The molecule has 2 N–H and O–H groups in total. The number of nitrogens with zero attached hydrogens (tertiary/aromatic N) is 2. The van der Waals surface area contributed by atoms with Crippen molar-refractivity contribution in [1.82, 2.24) is 9.88 Å². The lowest BCUT2D eigenvalue weighted by Crippen LogP contribution is -2.46. The van der Waals surface area contributed by atoms with Crippen LogP contribution < -0.4 is 5.73 Å². The highest BCUT2D eigenvalue weighted by Crippen LogP contribution is 2.32. The molecule has 0 aliphatic carbocycles. The zero-order valence-corrected chi connectivity index (χ0v) is 14.7. The second-order valence-electron chi connectivity index (χ2n) is 6.59. The van der Waals surface area contributed by atoms with Crippen molar-refractivity contribution < 1.29 is 4.79 Å². The molecule has 0 saturated heterocycles. The molecule has 4 nitrogen and oxygen atoms in total. The Balaban J connectivity index is 3.08. The number of rotatable bonds is 9. The van der Waals surface area contributed by atoms with E-state index in [9.17, 15) is 4.79 Å². The summed E-state index contributed by atoms with van der Waals surface area (Å²) in [7, 11) is 0. The van der Waals surface area contributed by atoms with E-state index >= 15 is 0 Å². The molecule has 1 rings (SSSR count). The van der Waals surface area contributed by atoms with Gasteiger partial charge in [-0.15, -0.1) is 0 Å². The van der Waals surface area contributed by atoms with Crippen LogP contribution in [-0.2, 0) is 10.2 Å². The van der Waals surface area contributed by atoms with E-state index in [1.54, 1.807) is 6.20 Å². The molecule has 1 aromatic rings. The Morgan fingerprint density at radius 3 is 2.27 bits per heavy atom. The van der Waals surface area contributed by atoms with Crippen LogP contribution in [0.5, 0.6) is 0 Å². The molecule has 0 bridgehead atoms. The highest BCUT2D eigenvalue weighted by molar-refractivity contribution is 5.86. The molecule has 0 aromatic carbocycles. The lowest BCUT2D eigenvalue weighted by molar-refractivity contribution is -0.124. The molecule has 1 atom stereocenters. The predicted molar refractivity (Wildman–Crippen MR) is 91.6 cm³/mol. The van der Waals surface area contributed by atoms with Crippen molar-refractivity contribution >= 4 is 5.91 Å². The molecular formula is C18H31N3O. The minimum absolute atomic E-state index is 0.263. The first kappa shape index (κ1) is 18.6. The van der Waals surface area contributed by atoms with Crippen LogP contribution in [-0.4, -0.2) is 34.4 Å². The van der Waals surface area contributed by atoms with Gasteiger partial charge in [0.05, 0.1) is 11.1 Å². The van der Waals surface area contributed by atoms with E-state index in [2.05, 4.69) is 44.5 Å². The minimum atomic E-state index is -0.669. The van der Waals surface area contributed by atoms with Gasteiger partial charge in [-0.25, -0.2) is 0 Å². The van der Waals surface area contributed by atoms with Crippen molar-refractivity contribution in [2.75, 3.05) is 6.54 Å². The number of pyridine rings is 1. The maximum absolute atomic E-state index is 12.3. The average molecular weight is 305 g/mol. The topological polar surface area (TPSA) is 59.2 Å². The van der Waals surface area contributed by atoms with E-state index in [4.69, 9.17) is 5.73 Å². The average Bonchev–Trinajstić information content (AvgIpc) is 2.46. The van der Waals surface area contributed by atoms with Crippen molar-refractivity contribution in [3.05, 3.63) is 30.1 Å². The van der Waals surface area contributed by atoms with Crippen LogP contribution in [0.4, 0.5) is 0 Å². The highest BCUT2D eigenvalue weighted by atomic mass is 16.1. The quantitative estimate of drug-likeness (QED) is 0.762. The minimum Gasteiger partial charge on any atom is -0.369 e. The Kier molecular flexibility index (Phi) is 7.01. The van der Waals surface area contributed by atoms with Crippen molar-refractivity contribution in [3.63, 3.8) is 0 Å². The molecule has 0 fully saturated rings. The number of amides is 1. The molecule has 0 aliphatic rings. The van der Waals surface area contributed by atoms with Crippen LogP contribution in [0, 0.1) is 0 Å². The summed E-state index contributed by atoms with van der Waals surface area (Å²) in [6.45, 7) is 11.7. The Hall–Kier alpha value is -1.42. The molecule has 0 radical (unpaired) electrons. The van der Waals surface area contributed by atoms with E-state index in [0.29, 0.717) is 18.5 Å². The Bertz CT molecular complexity index is 451. The third kappa shape index (κ3) is 4.29. The monoisotopic (exact) mass is 305 g/mol. The molecule has 0 spiro atoms. The maximum Gasteiger partial charge on any atom is 0.229 e. The van der Waals surface area contributed by atoms with Gasteiger partial charge in [0.1, 0.15) is 0 Å². The second-order valence-corrected chi connectivity index (χ2v) is 6.59. The summed E-state index contributed by atoms with van der Waals surface area (Å²) in [5, 5.41) is 0. The Morgan fingerprint density at radius 2 is 1.86 bits per heavy atom. The van der Waals surface area contributed by atoms with Crippen LogP contribution in [0.3, 0.4) is 0 Å². The Labute approximate surface area is 135 Å². The number of carbonyl (C=O) groups excluding carboxylic acids is 1. The maximum atomic E-state index is 12.3. The van der Waals surface area contributed by atoms with Crippen LogP contribution >= 0.6 is 0 Å². The zero-order chi connectivity index (χ0) is 16.8. The first-order valence-corrected chi connectivity index (χ1v) is 8.32. The fourth-order valence-corrected chi connectivity index (χ4v) is 3.26. The van der Waals surface area contributed by atoms with Crippen LogP contribution in [0.2, 0.25) is 0 Å². The summed E-state index contributed by atoms with van der Waals surface area (Å²) >= 11 is 0. The Morgan fingerprint density at radius 1 is 1.23 bits per heavy atom. The van der Waals surface area contributed by atoms with Gasteiger partial charge in [-0.1, -0.05) is 19.4 Å². The molecule has 0 aliphatic heterocycles. The van der Waals surface area contributed by atoms with E-state index in [-0.39, 0.29) is 5.91 Å². The number of hydrogen-bond donors (Lipinski definition) is 1. The molecule has 1 aromatic heterocycles. The molecule has 1 unspecified atom stereocenters. The normalized spacial score (nSPS) is 14.5. The first-order valence-electron chi connectivity index (χ1n) is 8.32. The van der Waals surface area contributed by atoms with Gasteiger partial charge in [-0.2, -0.15) is 0 Å². The second kappa shape index (κ2) is 8.28. The molecule has 1 amide bonds. The van der Waals surface area contributed by atoms with E-state index < -0.39 is 5.41 Å². The summed E-state index contributed by atoms with van der Waals surface area (Å²) in [6, 6.07) is 6.61. The number of primary amides is 1. The van der Waals surface area contributed by atoms with Crippen molar-refractivity contribution in [2.45, 2.75) is 71.4 Å². The number of hydrogen-bond acceptors (Lipinski definition) is 3. The molecule has 124 valence electrons. The number of carbonyl (C=O) groups is 1. The van der Waals surface area contributed by atoms with Gasteiger partial charge in [0.15, 0.2) is 0 Å². The number of aromatic nitrogens is 1. The lowest BCUT2D eigenvalue weighted by atomic mass is 9.76. The van der Waals surface area contributed by atoms with E-state index in [1.807, 2.05) is 18.2 Å². The molecular weight excluding hydrogens is 274 g/mol. The van der Waals surface area contributed by atoms with Gasteiger partial charge < -0.3 is 5.73 Å². The van der Waals surface area contributed by atoms with Crippen LogP contribution in [0.25, 0.3) is 0 Å². The SMILES string of the molecule is CCCC(CCN(C(C)C)C(C)C)(C(N)=O)c1ccccn1. The predicted octanol–water partition coefficient (Wildman–Crippen LogP) is 3.11. The summed E-state index contributed by atoms with van der Waals surface area (Å²) < 4.78 is 0. The number of nitrogens with two attached hydrogens (primary N) is 1. The molecule has 4 heteroatoms. The van der Waals surface area contributed by atoms with E-state index in [1.165, 1.54) is 0 Å². The smallest absolute Gasteiger partial charge is 0.229 e. The van der Waals surface area contributed by atoms with Gasteiger partial charge in [-0.05, 0) is 52.7 Å². The fraction of sp³-hybridized carbons (Fsp3) is 0.667. The summed E-state index contributed by atoms with van der Waals surface area (Å²) in [4.78, 5) is 19.2. The summed E-state index contributed by atoms with van der Waals surface area (Å²) in [5.74, 6) is -0.263. The van der Waals surface area contributed by atoms with Crippen molar-refractivity contribution in [3.8, 4) is 0 Å². The molecule has 22 heavy (non-hydrogen) atoms. The molecule has 1 heterocycles. The standard InChI is InChI=1S/C18H31N3O/c1-6-10-18(17(19)22,16-9-7-8-12-20-16)11-13-21(14(2)3)15(4)5/h7-9,12,14-15H,6,10-11,13H2,1-5H3,(H2,19,22). The third-order valence-corrected chi connectivity index (χ3v) is 4.43. The zero-order valence-electron chi connectivity index (χ0n) is 14.7. The van der Waals surface area contributed by atoms with Crippen LogP contribution in [0.1, 0.15) is 59.6 Å². The summed E-state index contributed by atoms with van der Waals surface area (Å²) in [5.41, 5.74) is 5.96. The molecule has 0 saturated carbocycles. The largest absolute Gasteiger partial charge is 0.369 e. The van der Waals surface area contributed by atoms with E-state index in [0.717, 1.165) is 25.1 Å². The van der Waals surface area contributed by atoms with Gasteiger partial charge in [0.2, 0.25) is 5.91 Å². The fourth-order valence-electron chi connectivity index (χ4n) is 3.26. The van der Waals surface area contributed by atoms with Crippen molar-refractivity contribution in [1.29, 1.82) is 0 Å². The van der Waals surface area contributed by atoms with Crippen LogP contribution in [0.15, 0.2) is 24.4 Å². The van der Waals surface area contributed by atoms with Gasteiger partial charge in [-0.3, -0.25) is 14.7 Å². The summed E-state index contributed by atoms with van der Waals surface area (Å²) in [6.07, 6.45) is 4.10. The van der Waals surface area contributed by atoms with Crippen molar-refractivity contribution in [2.24, 2.45) is 5.73 Å². The van der Waals surface area contributed by atoms with Gasteiger partial charge in [0, 0.05) is 24.8 Å². The van der Waals surface area contributed by atoms with Gasteiger partial charge in [0.25, 0.3) is 0 Å². The third-order valence-electron chi connectivity index (χ3n) is 4.43.